The van der Waals surface area contributed by atoms with E-state index in [-0.39, 0.29) is 5.57 Å². The molecule has 0 spiro atoms. The minimum Gasteiger partial charge on any atom is -0.340 e. The molecule has 1 aliphatic heterocycles. The third-order valence-corrected chi connectivity index (χ3v) is 7.06. The molecule has 0 unspecified atom stereocenters. The average Bonchev–Trinajstić information content (AvgIpc) is 3.14. The molecule has 0 saturated carbocycles. The van der Waals surface area contributed by atoms with Crippen LogP contribution >= 0.6 is 15.9 Å². The summed E-state index contributed by atoms with van der Waals surface area (Å²) >= 11 is 3.48. The molecule has 2 heterocycles. The molecule has 0 aliphatic carbocycles. The fourth-order valence-electron chi connectivity index (χ4n) is 4.53. The van der Waals surface area contributed by atoms with Crippen molar-refractivity contribution in [3.63, 3.8) is 0 Å². The number of para-hydroxylation sites is 1. The summed E-state index contributed by atoms with van der Waals surface area (Å²) in [5, 5.41) is 3.25. The Morgan fingerprint density at radius 1 is 0.889 bits per heavy atom. The Balaban J connectivity index is 1.58. The molecule has 0 bridgehead atoms. The van der Waals surface area contributed by atoms with Crippen LogP contribution in [0.25, 0.3) is 17.0 Å². The lowest BCUT2D eigenvalue weighted by Gasteiger charge is -2.26. The summed E-state index contributed by atoms with van der Waals surface area (Å²) in [5.74, 6) is -1.34. The molecular weight excluding hydrogens is 518 g/mol. The van der Waals surface area contributed by atoms with Crippen LogP contribution in [0.1, 0.15) is 29.3 Å². The van der Waals surface area contributed by atoms with E-state index in [0.717, 1.165) is 49.1 Å². The molecule has 1 aliphatic rings. The second-order valence-corrected chi connectivity index (χ2v) is 9.62. The molecule has 4 amide bonds. The number of imide groups is 2. The van der Waals surface area contributed by atoms with Crippen molar-refractivity contribution in [1.29, 1.82) is 0 Å². The monoisotopic (exact) mass is 541 g/mol. The van der Waals surface area contributed by atoms with Gasteiger partial charge in [0.1, 0.15) is 5.57 Å². The zero-order valence-corrected chi connectivity index (χ0v) is 21.5. The van der Waals surface area contributed by atoms with Crippen LogP contribution in [-0.4, -0.2) is 22.4 Å². The van der Waals surface area contributed by atoms with Crippen molar-refractivity contribution >= 4 is 56.4 Å². The van der Waals surface area contributed by atoms with E-state index in [9.17, 15) is 14.4 Å². The number of aryl methyl sites for hydroxylation is 1. The summed E-state index contributed by atoms with van der Waals surface area (Å²) in [6, 6.07) is 22.5. The van der Waals surface area contributed by atoms with Gasteiger partial charge >= 0.3 is 6.03 Å². The SMILES string of the molecule is CCc1ccc(N2C(=O)NC(=O)/C(=C/c3c(C)n(Cc4ccc(Br)cc4)c4ccccc34)C2=O)cc1. The largest absolute Gasteiger partial charge is 0.340 e. The Hall–Kier alpha value is -3.97. The van der Waals surface area contributed by atoms with Crippen LogP contribution in [0.5, 0.6) is 0 Å². The first-order valence-corrected chi connectivity index (χ1v) is 12.5. The van der Waals surface area contributed by atoms with Crippen molar-refractivity contribution in [2.24, 2.45) is 0 Å². The van der Waals surface area contributed by atoms with E-state index in [0.29, 0.717) is 12.2 Å². The Labute approximate surface area is 217 Å². The Bertz CT molecular complexity index is 1530. The Morgan fingerprint density at radius 3 is 2.25 bits per heavy atom. The molecular formula is C29H24BrN3O3. The minimum absolute atomic E-state index is 0.0798. The lowest BCUT2D eigenvalue weighted by Crippen LogP contribution is -2.54. The highest BCUT2D eigenvalue weighted by Gasteiger charge is 2.37. The van der Waals surface area contributed by atoms with Gasteiger partial charge in [0.15, 0.2) is 0 Å². The highest BCUT2D eigenvalue weighted by Crippen LogP contribution is 2.30. The van der Waals surface area contributed by atoms with Crippen molar-refractivity contribution < 1.29 is 14.4 Å². The van der Waals surface area contributed by atoms with Crippen molar-refractivity contribution in [3.05, 3.63) is 105 Å². The molecule has 36 heavy (non-hydrogen) atoms. The van der Waals surface area contributed by atoms with E-state index in [1.807, 2.05) is 62.4 Å². The first-order valence-electron chi connectivity index (χ1n) is 11.7. The van der Waals surface area contributed by atoms with Gasteiger partial charge in [0.25, 0.3) is 11.8 Å². The number of aromatic nitrogens is 1. The maximum absolute atomic E-state index is 13.4. The van der Waals surface area contributed by atoms with Crippen LogP contribution in [0.4, 0.5) is 10.5 Å². The molecule has 1 fully saturated rings. The number of hydrogen-bond donors (Lipinski definition) is 1. The zero-order valence-electron chi connectivity index (χ0n) is 19.9. The number of carbonyl (C=O) groups excluding carboxylic acids is 3. The highest BCUT2D eigenvalue weighted by atomic mass is 79.9. The molecule has 1 saturated heterocycles. The summed E-state index contributed by atoms with van der Waals surface area (Å²) in [5.41, 5.74) is 5.24. The number of amides is 4. The third-order valence-electron chi connectivity index (χ3n) is 6.53. The number of nitrogens with zero attached hydrogens (tertiary/aromatic N) is 2. The highest BCUT2D eigenvalue weighted by molar-refractivity contribution is 9.10. The van der Waals surface area contributed by atoms with Gasteiger partial charge in [-0.2, -0.15) is 0 Å². The van der Waals surface area contributed by atoms with Crippen LogP contribution in [0.15, 0.2) is 82.8 Å². The van der Waals surface area contributed by atoms with Crippen molar-refractivity contribution in [2.75, 3.05) is 4.90 Å². The number of urea groups is 1. The number of anilines is 1. The number of nitrogens with one attached hydrogen (secondary N) is 1. The van der Waals surface area contributed by atoms with Gasteiger partial charge in [-0.1, -0.05) is 65.3 Å². The number of fused-ring (bicyclic) bond motifs is 1. The van der Waals surface area contributed by atoms with E-state index in [1.54, 1.807) is 18.2 Å². The number of hydrogen-bond acceptors (Lipinski definition) is 3. The normalized spacial score (nSPS) is 15.1. The minimum atomic E-state index is -0.749. The Morgan fingerprint density at radius 2 is 1.56 bits per heavy atom. The number of carbonyl (C=O) groups is 3. The summed E-state index contributed by atoms with van der Waals surface area (Å²) in [6.45, 7) is 4.64. The van der Waals surface area contributed by atoms with Crippen molar-refractivity contribution in [3.8, 4) is 0 Å². The molecule has 3 aromatic carbocycles. The fourth-order valence-corrected chi connectivity index (χ4v) is 4.80. The topological polar surface area (TPSA) is 71.4 Å². The van der Waals surface area contributed by atoms with Gasteiger partial charge in [0, 0.05) is 33.2 Å². The first-order chi connectivity index (χ1) is 17.4. The molecule has 1 aromatic heterocycles. The van der Waals surface area contributed by atoms with Gasteiger partial charge in [-0.25, -0.2) is 9.69 Å². The summed E-state index contributed by atoms with van der Waals surface area (Å²) < 4.78 is 3.18. The average molecular weight is 542 g/mol. The second kappa shape index (κ2) is 9.59. The zero-order chi connectivity index (χ0) is 25.4. The van der Waals surface area contributed by atoms with Crippen LogP contribution in [-0.2, 0) is 22.6 Å². The molecule has 5 rings (SSSR count). The van der Waals surface area contributed by atoms with E-state index < -0.39 is 17.8 Å². The van der Waals surface area contributed by atoms with E-state index in [2.05, 4.69) is 37.9 Å². The first kappa shape index (κ1) is 23.8. The fraction of sp³-hybridized carbons (Fsp3) is 0.138. The Kier molecular flexibility index (Phi) is 6.33. The van der Waals surface area contributed by atoms with Crippen LogP contribution < -0.4 is 10.2 Å². The van der Waals surface area contributed by atoms with Crippen molar-refractivity contribution in [2.45, 2.75) is 26.8 Å². The number of rotatable bonds is 5. The molecule has 7 heteroatoms. The van der Waals surface area contributed by atoms with Gasteiger partial charge < -0.3 is 4.57 Å². The molecule has 6 nitrogen and oxygen atoms in total. The number of halogens is 1. The predicted molar refractivity (Wildman–Crippen MR) is 145 cm³/mol. The molecule has 0 radical (unpaired) electrons. The third kappa shape index (κ3) is 4.27. The molecule has 180 valence electrons. The van der Waals surface area contributed by atoms with Gasteiger partial charge in [-0.05, 0) is 60.9 Å². The van der Waals surface area contributed by atoms with E-state index >= 15 is 0 Å². The second-order valence-electron chi connectivity index (χ2n) is 8.71. The number of barbiturate groups is 1. The molecule has 4 aromatic rings. The lowest BCUT2D eigenvalue weighted by atomic mass is 10.0. The van der Waals surface area contributed by atoms with Gasteiger partial charge in [-0.15, -0.1) is 0 Å². The lowest BCUT2D eigenvalue weighted by molar-refractivity contribution is -0.122. The summed E-state index contributed by atoms with van der Waals surface area (Å²) in [6.07, 6.45) is 2.45. The maximum atomic E-state index is 13.4. The van der Waals surface area contributed by atoms with Crippen LogP contribution in [0.3, 0.4) is 0 Å². The van der Waals surface area contributed by atoms with Gasteiger partial charge in [0.05, 0.1) is 5.69 Å². The predicted octanol–water partition coefficient (Wildman–Crippen LogP) is 5.99. The van der Waals surface area contributed by atoms with Crippen molar-refractivity contribution in [1.82, 2.24) is 9.88 Å². The quantitative estimate of drug-likeness (QED) is 0.249. The summed E-state index contributed by atoms with van der Waals surface area (Å²) in [7, 11) is 0. The van der Waals surface area contributed by atoms with Gasteiger partial charge in [-0.3, -0.25) is 14.9 Å². The smallest absolute Gasteiger partial charge is 0.335 e. The van der Waals surface area contributed by atoms with Crippen LogP contribution in [0, 0.1) is 6.92 Å². The van der Waals surface area contributed by atoms with E-state index in [4.69, 9.17) is 0 Å². The van der Waals surface area contributed by atoms with Gasteiger partial charge in [0.2, 0.25) is 0 Å². The number of benzene rings is 3. The van der Waals surface area contributed by atoms with E-state index in [1.165, 1.54) is 0 Å². The molecule has 1 N–H and O–H groups in total. The summed E-state index contributed by atoms with van der Waals surface area (Å²) in [4.78, 5) is 39.9. The maximum Gasteiger partial charge on any atom is 0.335 e. The molecule has 0 atom stereocenters. The van der Waals surface area contributed by atoms with Crippen LogP contribution in [0.2, 0.25) is 0 Å². The standard InChI is InChI=1S/C29H24BrN3O3/c1-3-19-10-14-22(15-11-19)33-28(35)25(27(34)31-29(33)36)16-24-18(2)32(26-7-5-4-6-23(24)26)17-20-8-12-21(30)13-9-20/h4-16H,3,17H2,1-2H3,(H,31,34,36)/b25-16-.